The van der Waals surface area contributed by atoms with Crippen molar-refractivity contribution in [2.45, 2.75) is 26.7 Å². The minimum Gasteiger partial charge on any atom is -0.331 e. The molecule has 2 N–H and O–H groups in total. The molecule has 0 aliphatic heterocycles. The lowest BCUT2D eigenvalue weighted by Crippen LogP contribution is -2.26. The van der Waals surface area contributed by atoms with Gasteiger partial charge in [-0.25, -0.2) is 0 Å². The Morgan fingerprint density at radius 1 is 1.33 bits per heavy atom. The first-order valence-corrected chi connectivity index (χ1v) is 7.48. The normalized spacial score (nSPS) is 19.8. The Hall–Kier alpha value is -1.94. The Kier molecular flexibility index (Phi) is 5.28. The largest absolute Gasteiger partial charge is 0.331 e. The quantitative estimate of drug-likeness (QED) is 0.497. The van der Waals surface area contributed by atoms with Gasteiger partial charge in [0.2, 0.25) is 0 Å². The molecule has 0 saturated heterocycles. The van der Waals surface area contributed by atoms with Gasteiger partial charge in [0, 0.05) is 5.69 Å². The van der Waals surface area contributed by atoms with E-state index in [-0.39, 0.29) is 0 Å². The molecule has 0 radical (unpaired) electrons. The molecule has 2 rings (SSSR count). The third-order valence-corrected chi connectivity index (χ3v) is 3.82. The van der Waals surface area contributed by atoms with Crippen LogP contribution >= 0.6 is 12.2 Å². The van der Waals surface area contributed by atoms with Crippen LogP contribution in [-0.4, -0.2) is 10.8 Å². The molecule has 0 bridgehead atoms. The van der Waals surface area contributed by atoms with E-state index in [4.69, 9.17) is 12.2 Å². The Labute approximate surface area is 131 Å². The third kappa shape index (κ3) is 4.53. The van der Waals surface area contributed by atoms with E-state index in [9.17, 15) is 0 Å². The van der Waals surface area contributed by atoms with Crippen molar-refractivity contribution in [1.29, 1.82) is 0 Å². The standard InChI is InChI=1S/C17H21N3S/c1-12(2)14-10-9-13(3)16(11-14)19-20-17(21)18-15-7-5-4-6-8-15/h4-9,14H,1,10-11H2,2-3H3,(H2,18,20,21)/b19-16+. The zero-order valence-electron chi connectivity index (χ0n) is 12.5. The molecule has 0 aromatic heterocycles. The van der Waals surface area contributed by atoms with Crippen LogP contribution in [0.25, 0.3) is 0 Å². The molecule has 21 heavy (non-hydrogen) atoms. The van der Waals surface area contributed by atoms with Gasteiger partial charge >= 0.3 is 0 Å². The molecule has 0 heterocycles. The van der Waals surface area contributed by atoms with E-state index in [0.717, 1.165) is 24.2 Å². The highest BCUT2D eigenvalue weighted by Crippen LogP contribution is 2.26. The number of allylic oxidation sites excluding steroid dienone is 3. The first-order chi connectivity index (χ1) is 10.1. The second-order valence-corrected chi connectivity index (χ2v) is 5.77. The number of nitrogens with zero attached hydrogens (tertiary/aromatic N) is 1. The van der Waals surface area contributed by atoms with Gasteiger partial charge in [-0.2, -0.15) is 5.10 Å². The highest BCUT2D eigenvalue weighted by atomic mass is 32.1. The summed E-state index contributed by atoms with van der Waals surface area (Å²) in [5.41, 5.74) is 7.34. The maximum Gasteiger partial charge on any atom is 0.191 e. The SMILES string of the molecule is C=C(C)C1CC=C(C)/C(=N/NC(=S)Nc2ccccc2)C1. The molecular weight excluding hydrogens is 278 g/mol. The molecule has 1 aromatic carbocycles. The smallest absolute Gasteiger partial charge is 0.191 e. The number of nitrogens with one attached hydrogen (secondary N) is 2. The van der Waals surface area contributed by atoms with Crippen LogP contribution in [0.4, 0.5) is 5.69 Å². The van der Waals surface area contributed by atoms with E-state index in [2.05, 4.69) is 42.3 Å². The molecular formula is C17H21N3S. The fraction of sp³-hybridized carbons (Fsp3) is 0.294. The number of hydrogen-bond acceptors (Lipinski definition) is 2. The summed E-state index contributed by atoms with van der Waals surface area (Å²) in [5, 5.41) is 8.05. The minimum atomic E-state index is 0.477. The van der Waals surface area contributed by atoms with Crippen molar-refractivity contribution in [2.75, 3.05) is 5.32 Å². The van der Waals surface area contributed by atoms with Crippen molar-refractivity contribution in [3.8, 4) is 0 Å². The highest BCUT2D eigenvalue weighted by Gasteiger charge is 2.18. The van der Waals surface area contributed by atoms with Crippen LogP contribution in [0, 0.1) is 5.92 Å². The van der Waals surface area contributed by atoms with Crippen molar-refractivity contribution in [1.82, 2.24) is 5.43 Å². The maximum atomic E-state index is 5.26. The predicted octanol–water partition coefficient (Wildman–Crippen LogP) is 4.26. The fourth-order valence-corrected chi connectivity index (χ4v) is 2.39. The van der Waals surface area contributed by atoms with Crippen LogP contribution in [0.2, 0.25) is 0 Å². The van der Waals surface area contributed by atoms with Gasteiger partial charge in [-0.05, 0) is 62.5 Å². The number of thiocarbonyl (C=S) groups is 1. The van der Waals surface area contributed by atoms with Gasteiger partial charge in [-0.3, -0.25) is 5.43 Å². The summed E-state index contributed by atoms with van der Waals surface area (Å²) in [6.45, 7) is 8.21. The Morgan fingerprint density at radius 2 is 2.05 bits per heavy atom. The van der Waals surface area contributed by atoms with Crippen LogP contribution in [0.15, 0.2) is 59.2 Å². The van der Waals surface area contributed by atoms with Crippen LogP contribution in [-0.2, 0) is 0 Å². The molecule has 0 fully saturated rings. The summed E-state index contributed by atoms with van der Waals surface area (Å²) in [6.07, 6.45) is 4.18. The second-order valence-electron chi connectivity index (χ2n) is 5.36. The monoisotopic (exact) mass is 299 g/mol. The molecule has 1 aliphatic carbocycles. The number of hydrogen-bond donors (Lipinski definition) is 2. The predicted molar refractivity (Wildman–Crippen MR) is 94.5 cm³/mol. The molecule has 1 unspecified atom stereocenters. The van der Waals surface area contributed by atoms with Gasteiger partial charge in [0.1, 0.15) is 0 Å². The van der Waals surface area contributed by atoms with E-state index >= 15 is 0 Å². The van der Waals surface area contributed by atoms with Crippen molar-refractivity contribution < 1.29 is 0 Å². The number of hydrazone groups is 1. The van der Waals surface area contributed by atoms with Gasteiger partial charge in [-0.1, -0.05) is 36.4 Å². The summed E-state index contributed by atoms with van der Waals surface area (Å²) in [6, 6.07) is 9.81. The van der Waals surface area contributed by atoms with Crippen molar-refractivity contribution in [2.24, 2.45) is 11.0 Å². The van der Waals surface area contributed by atoms with Gasteiger partial charge in [0.25, 0.3) is 0 Å². The van der Waals surface area contributed by atoms with Gasteiger partial charge in [0.05, 0.1) is 5.71 Å². The first kappa shape index (κ1) is 15.4. The zero-order chi connectivity index (χ0) is 15.2. The molecule has 0 spiro atoms. The molecule has 4 heteroatoms. The van der Waals surface area contributed by atoms with Gasteiger partial charge in [-0.15, -0.1) is 0 Å². The molecule has 0 amide bonds. The van der Waals surface area contributed by atoms with E-state index in [1.54, 1.807) is 0 Å². The molecule has 1 atom stereocenters. The molecule has 1 aliphatic rings. The maximum absolute atomic E-state index is 5.26. The lowest BCUT2D eigenvalue weighted by molar-refractivity contribution is 0.637. The van der Waals surface area contributed by atoms with E-state index in [1.165, 1.54) is 11.1 Å². The van der Waals surface area contributed by atoms with Gasteiger partial charge < -0.3 is 5.32 Å². The number of rotatable bonds is 3. The average Bonchev–Trinajstić information content (AvgIpc) is 2.47. The third-order valence-electron chi connectivity index (χ3n) is 3.62. The summed E-state index contributed by atoms with van der Waals surface area (Å²) in [4.78, 5) is 0. The van der Waals surface area contributed by atoms with E-state index < -0.39 is 0 Å². The Balaban J connectivity index is 1.96. The lowest BCUT2D eigenvalue weighted by Gasteiger charge is -2.22. The average molecular weight is 299 g/mol. The molecule has 0 saturated carbocycles. The van der Waals surface area contributed by atoms with E-state index in [1.807, 2.05) is 30.3 Å². The fourth-order valence-electron chi connectivity index (χ4n) is 2.22. The first-order valence-electron chi connectivity index (χ1n) is 7.07. The second kappa shape index (κ2) is 7.18. The van der Waals surface area contributed by atoms with Crippen LogP contribution in [0.5, 0.6) is 0 Å². The molecule has 3 nitrogen and oxygen atoms in total. The van der Waals surface area contributed by atoms with Crippen LogP contribution < -0.4 is 10.7 Å². The number of para-hydroxylation sites is 1. The summed E-state index contributed by atoms with van der Waals surface area (Å²) >= 11 is 5.26. The molecule has 110 valence electrons. The van der Waals surface area contributed by atoms with Crippen molar-refractivity contribution in [3.63, 3.8) is 0 Å². The Morgan fingerprint density at radius 3 is 2.71 bits per heavy atom. The van der Waals surface area contributed by atoms with Gasteiger partial charge in [0.15, 0.2) is 5.11 Å². The van der Waals surface area contributed by atoms with Crippen LogP contribution in [0.1, 0.15) is 26.7 Å². The summed E-state index contributed by atoms with van der Waals surface area (Å²) < 4.78 is 0. The van der Waals surface area contributed by atoms with Crippen molar-refractivity contribution in [3.05, 3.63) is 54.1 Å². The van der Waals surface area contributed by atoms with Crippen LogP contribution in [0.3, 0.4) is 0 Å². The summed E-state index contributed by atoms with van der Waals surface area (Å²) in [5.74, 6) is 0.477. The zero-order valence-corrected chi connectivity index (χ0v) is 13.3. The summed E-state index contributed by atoms with van der Waals surface area (Å²) in [7, 11) is 0. The Bertz CT molecular complexity index is 587. The topological polar surface area (TPSA) is 36.4 Å². The van der Waals surface area contributed by atoms with Crippen molar-refractivity contribution >= 4 is 28.7 Å². The minimum absolute atomic E-state index is 0.477. The van der Waals surface area contributed by atoms with E-state index in [0.29, 0.717) is 11.0 Å². The lowest BCUT2D eigenvalue weighted by atomic mass is 9.85. The highest BCUT2D eigenvalue weighted by molar-refractivity contribution is 7.80. The molecule has 1 aromatic rings. The number of benzene rings is 1. The number of anilines is 1.